The number of hydrogen-bond acceptors (Lipinski definition) is 5. The lowest BCUT2D eigenvalue weighted by Gasteiger charge is -1.97. The number of H-pyrrole nitrogens is 1. The number of pyridine rings is 1. The van der Waals surface area contributed by atoms with Crippen LogP contribution in [0.15, 0.2) is 30.7 Å². The second-order valence-corrected chi connectivity index (χ2v) is 3.25. The molecule has 3 aromatic rings. The van der Waals surface area contributed by atoms with Gasteiger partial charge in [-0.3, -0.25) is 0 Å². The SMILES string of the molecule is Nc1nccnc1-c1nc2ncccc2[nH]1. The van der Waals surface area contributed by atoms with Gasteiger partial charge >= 0.3 is 0 Å². The monoisotopic (exact) mass is 212 g/mol. The minimum atomic E-state index is 0.349. The summed E-state index contributed by atoms with van der Waals surface area (Å²) in [6, 6.07) is 3.73. The Morgan fingerprint density at radius 2 is 1.94 bits per heavy atom. The van der Waals surface area contributed by atoms with Crippen LogP contribution in [0.4, 0.5) is 5.82 Å². The van der Waals surface area contributed by atoms with Crippen molar-refractivity contribution in [3.8, 4) is 11.5 Å². The lowest BCUT2D eigenvalue weighted by atomic mass is 10.4. The molecule has 0 saturated carbocycles. The highest BCUT2D eigenvalue weighted by Crippen LogP contribution is 2.20. The number of anilines is 1. The van der Waals surface area contributed by atoms with Crippen molar-refractivity contribution in [3.63, 3.8) is 0 Å². The van der Waals surface area contributed by atoms with E-state index in [0.717, 1.165) is 5.52 Å². The second-order valence-electron chi connectivity index (χ2n) is 3.25. The van der Waals surface area contributed by atoms with Gasteiger partial charge in [0.2, 0.25) is 0 Å². The molecule has 78 valence electrons. The Labute approximate surface area is 90.6 Å². The van der Waals surface area contributed by atoms with E-state index in [2.05, 4.69) is 24.9 Å². The Morgan fingerprint density at radius 3 is 2.75 bits per heavy atom. The van der Waals surface area contributed by atoms with Crippen LogP contribution in [0.1, 0.15) is 0 Å². The molecule has 3 aromatic heterocycles. The topological polar surface area (TPSA) is 93.4 Å². The molecule has 0 aliphatic rings. The van der Waals surface area contributed by atoms with Gasteiger partial charge in [-0.05, 0) is 12.1 Å². The number of nitrogens with two attached hydrogens (primary N) is 1. The van der Waals surface area contributed by atoms with E-state index < -0.39 is 0 Å². The average molecular weight is 212 g/mol. The van der Waals surface area contributed by atoms with Crippen molar-refractivity contribution in [2.45, 2.75) is 0 Å². The fourth-order valence-corrected chi connectivity index (χ4v) is 1.49. The molecule has 0 radical (unpaired) electrons. The van der Waals surface area contributed by atoms with Crippen LogP contribution in [0.25, 0.3) is 22.7 Å². The van der Waals surface area contributed by atoms with Crippen LogP contribution in [0.3, 0.4) is 0 Å². The van der Waals surface area contributed by atoms with E-state index >= 15 is 0 Å². The molecule has 0 aliphatic heterocycles. The number of imidazole rings is 1. The third-order valence-electron chi connectivity index (χ3n) is 2.21. The summed E-state index contributed by atoms with van der Waals surface area (Å²) in [5.74, 6) is 0.931. The molecule has 0 bridgehead atoms. The molecule has 0 saturated heterocycles. The van der Waals surface area contributed by atoms with Gasteiger partial charge in [0.25, 0.3) is 0 Å². The first-order valence-corrected chi connectivity index (χ1v) is 4.72. The van der Waals surface area contributed by atoms with Crippen LogP contribution < -0.4 is 5.73 Å². The van der Waals surface area contributed by atoms with Crippen molar-refractivity contribution in [2.75, 3.05) is 5.73 Å². The fourth-order valence-electron chi connectivity index (χ4n) is 1.49. The van der Waals surface area contributed by atoms with E-state index in [-0.39, 0.29) is 0 Å². The maximum Gasteiger partial charge on any atom is 0.178 e. The van der Waals surface area contributed by atoms with Gasteiger partial charge in [0, 0.05) is 18.6 Å². The zero-order valence-corrected chi connectivity index (χ0v) is 8.25. The first-order chi connectivity index (χ1) is 7.84. The third kappa shape index (κ3) is 1.28. The van der Waals surface area contributed by atoms with Gasteiger partial charge in [0.05, 0.1) is 5.52 Å². The van der Waals surface area contributed by atoms with Crippen LogP contribution in [0, 0.1) is 0 Å². The van der Waals surface area contributed by atoms with Crippen molar-refractivity contribution in [2.24, 2.45) is 0 Å². The van der Waals surface area contributed by atoms with Crippen LogP contribution in [0.5, 0.6) is 0 Å². The zero-order chi connectivity index (χ0) is 11.0. The molecule has 0 aromatic carbocycles. The maximum absolute atomic E-state index is 5.72. The lowest BCUT2D eigenvalue weighted by molar-refractivity contribution is 1.17. The van der Waals surface area contributed by atoms with Gasteiger partial charge in [-0.2, -0.15) is 0 Å². The normalized spacial score (nSPS) is 10.8. The average Bonchev–Trinajstić information content (AvgIpc) is 2.73. The summed E-state index contributed by atoms with van der Waals surface area (Å²) in [4.78, 5) is 19.6. The molecule has 0 unspecified atom stereocenters. The highest BCUT2D eigenvalue weighted by molar-refractivity contribution is 5.76. The second kappa shape index (κ2) is 3.27. The summed E-state index contributed by atoms with van der Waals surface area (Å²) >= 11 is 0. The number of nitrogen functional groups attached to an aromatic ring is 1. The Balaban J connectivity index is 2.23. The van der Waals surface area contributed by atoms with E-state index in [1.165, 1.54) is 0 Å². The van der Waals surface area contributed by atoms with Crippen molar-refractivity contribution in [1.82, 2.24) is 24.9 Å². The predicted octanol–water partition coefficient (Wildman–Crippen LogP) is 0.997. The Kier molecular flexibility index (Phi) is 1.79. The van der Waals surface area contributed by atoms with Gasteiger partial charge in [0.1, 0.15) is 5.69 Å². The first kappa shape index (κ1) is 8.78. The molecule has 3 N–H and O–H groups in total. The fraction of sp³-hybridized carbons (Fsp3) is 0. The maximum atomic E-state index is 5.72. The van der Waals surface area contributed by atoms with Gasteiger partial charge in [-0.25, -0.2) is 19.9 Å². The number of fused-ring (bicyclic) bond motifs is 1. The molecule has 3 heterocycles. The Bertz CT molecular complexity index is 611. The first-order valence-electron chi connectivity index (χ1n) is 4.72. The van der Waals surface area contributed by atoms with Crippen LogP contribution in [-0.2, 0) is 0 Å². The summed E-state index contributed by atoms with van der Waals surface area (Å²) in [7, 11) is 0. The number of hydrogen-bond donors (Lipinski definition) is 2. The molecule has 0 atom stereocenters. The summed E-state index contributed by atoms with van der Waals surface area (Å²) in [5, 5.41) is 0. The summed E-state index contributed by atoms with van der Waals surface area (Å²) in [5.41, 5.74) is 7.75. The molecule has 0 aliphatic carbocycles. The molecular weight excluding hydrogens is 204 g/mol. The molecule has 0 spiro atoms. The Hall–Kier alpha value is -2.50. The van der Waals surface area contributed by atoms with Gasteiger partial charge < -0.3 is 10.7 Å². The highest BCUT2D eigenvalue weighted by atomic mass is 15.0. The van der Waals surface area contributed by atoms with Crippen LogP contribution >= 0.6 is 0 Å². The van der Waals surface area contributed by atoms with Crippen LogP contribution in [0.2, 0.25) is 0 Å². The van der Waals surface area contributed by atoms with Crippen molar-refractivity contribution in [1.29, 1.82) is 0 Å². The molecule has 6 nitrogen and oxygen atoms in total. The van der Waals surface area contributed by atoms with Crippen molar-refractivity contribution >= 4 is 17.0 Å². The van der Waals surface area contributed by atoms with E-state index in [0.29, 0.717) is 23.0 Å². The quantitative estimate of drug-likeness (QED) is 0.627. The predicted molar refractivity (Wildman–Crippen MR) is 59.3 cm³/mol. The molecule has 0 amide bonds. The van der Waals surface area contributed by atoms with Crippen molar-refractivity contribution < 1.29 is 0 Å². The largest absolute Gasteiger partial charge is 0.382 e. The third-order valence-corrected chi connectivity index (χ3v) is 2.21. The van der Waals surface area contributed by atoms with Crippen LogP contribution in [-0.4, -0.2) is 24.9 Å². The van der Waals surface area contributed by atoms with E-state index in [4.69, 9.17) is 5.73 Å². The number of aromatic amines is 1. The van der Waals surface area contributed by atoms with Gasteiger partial charge in [-0.1, -0.05) is 0 Å². The van der Waals surface area contributed by atoms with E-state index in [1.807, 2.05) is 12.1 Å². The van der Waals surface area contributed by atoms with Crippen molar-refractivity contribution in [3.05, 3.63) is 30.7 Å². The van der Waals surface area contributed by atoms with E-state index in [1.54, 1.807) is 18.6 Å². The van der Waals surface area contributed by atoms with Gasteiger partial charge in [0.15, 0.2) is 17.3 Å². The van der Waals surface area contributed by atoms with Gasteiger partial charge in [-0.15, -0.1) is 0 Å². The molecule has 16 heavy (non-hydrogen) atoms. The standard InChI is InChI=1S/C10H8N6/c11-8-7(12-4-5-13-8)10-15-6-2-1-3-14-9(6)16-10/h1-5H,(H2,11,13)(H,14,15,16). The summed E-state index contributed by atoms with van der Waals surface area (Å²) in [6.45, 7) is 0. The number of aromatic nitrogens is 5. The lowest BCUT2D eigenvalue weighted by Crippen LogP contribution is -1.96. The molecular formula is C10H8N6. The number of nitrogens with zero attached hydrogens (tertiary/aromatic N) is 4. The number of rotatable bonds is 1. The minimum absolute atomic E-state index is 0.349. The number of nitrogens with one attached hydrogen (secondary N) is 1. The Morgan fingerprint density at radius 1 is 1.06 bits per heavy atom. The smallest absolute Gasteiger partial charge is 0.178 e. The molecule has 3 rings (SSSR count). The summed E-state index contributed by atoms with van der Waals surface area (Å²) in [6.07, 6.45) is 4.80. The zero-order valence-electron chi connectivity index (χ0n) is 8.25. The molecule has 0 fully saturated rings. The summed E-state index contributed by atoms with van der Waals surface area (Å²) < 4.78 is 0. The minimum Gasteiger partial charge on any atom is -0.382 e. The highest BCUT2D eigenvalue weighted by Gasteiger charge is 2.10. The molecule has 6 heteroatoms. The van der Waals surface area contributed by atoms with E-state index in [9.17, 15) is 0 Å².